The first-order valence-electron chi connectivity index (χ1n) is 8.01. The summed E-state index contributed by atoms with van der Waals surface area (Å²) >= 11 is 0. The molecule has 0 bridgehead atoms. The van der Waals surface area contributed by atoms with Gasteiger partial charge in [-0.15, -0.1) is 0 Å². The van der Waals surface area contributed by atoms with E-state index in [-0.39, 0.29) is 24.8 Å². The predicted molar refractivity (Wildman–Crippen MR) is 85.8 cm³/mol. The highest BCUT2D eigenvalue weighted by atomic mass is 16.5. The van der Waals surface area contributed by atoms with Crippen LogP contribution in [-0.4, -0.2) is 54.5 Å². The van der Waals surface area contributed by atoms with E-state index in [9.17, 15) is 4.79 Å². The zero-order chi connectivity index (χ0) is 15.8. The fourth-order valence-electron chi connectivity index (χ4n) is 2.68. The number of amides is 2. The smallest absolute Gasteiger partial charge is 0.317 e. The van der Waals surface area contributed by atoms with Gasteiger partial charge in [0.25, 0.3) is 0 Å². The van der Waals surface area contributed by atoms with Crippen LogP contribution in [0.25, 0.3) is 0 Å². The van der Waals surface area contributed by atoms with E-state index in [0.717, 1.165) is 12.8 Å². The quantitative estimate of drug-likeness (QED) is 0.842. The van der Waals surface area contributed by atoms with E-state index in [1.165, 1.54) is 5.56 Å². The fourth-order valence-corrected chi connectivity index (χ4v) is 2.68. The maximum Gasteiger partial charge on any atom is 0.317 e. The van der Waals surface area contributed by atoms with Gasteiger partial charge in [-0.25, -0.2) is 4.79 Å². The number of morpholine rings is 1. The van der Waals surface area contributed by atoms with Gasteiger partial charge in [0.1, 0.15) is 0 Å². The van der Waals surface area contributed by atoms with Crippen LogP contribution in [0.5, 0.6) is 0 Å². The van der Waals surface area contributed by atoms with Crippen molar-refractivity contribution in [3.05, 3.63) is 35.9 Å². The van der Waals surface area contributed by atoms with Gasteiger partial charge >= 0.3 is 6.03 Å². The highest BCUT2D eigenvalue weighted by Gasteiger charge is 2.25. The molecule has 1 aromatic carbocycles. The lowest BCUT2D eigenvalue weighted by molar-refractivity contribution is -0.0136. The number of aliphatic hydroxyl groups is 1. The summed E-state index contributed by atoms with van der Waals surface area (Å²) in [5, 5.41) is 11.8. The van der Waals surface area contributed by atoms with Gasteiger partial charge < -0.3 is 20.1 Å². The van der Waals surface area contributed by atoms with Crippen molar-refractivity contribution in [2.24, 2.45) is 0 Å². The second-order valence-corrected chi connectivity index (χ2v) is 5.84. The number of ether oxygens (including phenoxy) is 1. The number of benzene rings is 1. The van der Waals surface area contributed by atoms with Crippen LogP contribution in [0.4, 0.5) is 4.79 Å². The summed E-state index contributed by atoms with van der Waals surface area (Å²) in [5.74, 6) is 0. The Hall–Kier alpha value is -1.59. The van der Waals surface area contributed by atoms with Gasteiger partial charge in [-0.1, -0.05) is 30.3 Å². The molecule has 1 aromatic rings. The zero-order valence-electron chi connectivity index (χ0n) is 13.2. The molecule has 2 rings (SSSR count). The van der Waals surface area contributed by atoms with E-state index in [0.29, 0.717) is 26.1 Å². The van der Waals surface area contributed by atoms with Gasteiger partial charge in [-0.2, -0.15) is 0 Å². The number of urea groups is 1. The van der Waals surface area contributed by atoms with Gasteiger partial charge in [0, 0.05) is 32.2 Å². The molecule has 0 saturated carbocycles. The van der Waals surface area contributed by atoms with Crippen molar-refractivity contribution in [1.82, 2.24) is 10.2 Å². The number of hydrogen-bond donors (Lipinski definition) is 2. The van der Waals surface area contributed by atoms with Crippen LogP contribution >= 0.6 is 0 Å². The van der Waals surface area contributed by atoms with Crippen LogP contribution in [0.15, 0.2) is 30.3 Å². The van der Waals surface area contributed by atoms with E-state index >= 15 is 0 Å². The first kappa shape index (κ1) is 16.8. The van der Waals surface area contributed by atoms with Crippen LogP contribution in [0.1, 0.15) is 25.3 Å². The summed E-state index contributed by atoms with van der Waals surface area (Å²) < 4.78 is 5.78. The Labute approximate surface area is 132 Å². The molecule has 22 heavy (non-hydrogen) atoms. The van der Waals surface area contributed by atoms with Gasteiger partial charge in [0.15, 0.2) is 0 Å². The minimum atomic E-state index is -0.0354. The molecule has 0 aromatic heterocycles. The number of hydrogen-bond acceptors (Lipinski definition) is 3. The maximum absolute atomic E-state index is 12.3. The van der Waals surface area contributed by atoms with Gasteiger partial charge in [-0.3, -0.25) is 0 Å². The molecule has 1 heterocycles. The lowest BCUT2D eigenvalue weighted by atomic mass is 10.1. The third kappa shape index (κ3) is 5.31. The molecule has 5 nitrogen and oxygen atoms in total. The topological polar surface area (TPSA) is 61.8 Å². The Morgan fingerprint density at radius 1 is 1.45 bits per heavy atom. The number of rotatable bonds is 6. The zero-order valence-corrected chi connectivity index (χ0v) is 13.2. The standard InChI is InChI=1S/C17H26N2O3/c1-14(6-5-10-20)18-17(21)19-9-11-22-16(13-19)12-15-7-3-2-4-8-15/h2-4,7-8,14,16,20H,5-6,9-13H2,1H3,(H,18,21). The van der Waals surface area contributed by atoms with E-state index in [4.69, 9.17) is 9.84 Å². The Balaban J connectivity index is 1.81. The van der Waals surface area contributed by atoms with E-state index in [1.54, 1.807) is 0 Å². The van der Waals surface area contributed by atoms with Crippen LogP contribution in [0, 0.1) is 0 Å². The number of nitrogens with one attached hydrogen (secondary N) is 1. The summed E-state index contributed by atoms with van der Waals surface area (Å²) in [5.41, 5.74) is 1.23. The molecule has 1 aliphatic rings. The molecule has 0 radical (unpaired) electrons. The van der Waals surface area contributed by atoms with Crippen LogP contribution < -0.4 is 5.32 Å². The molecular formula is C17H26N2O3. The van der Waals surface area contributed by atoms with E-state index < -0.39 is 0 Å². The minimum absolute atomic E-state index is 0.0354. The molecular weight excluding hydrogens is 280 g/mol. The Morgan fingerprint density at radius 3 is 2.95 bits per heavy atom. The average molecular weight is 306 g/mol. The van der Waals surface area contributed by atoms with Crippen LogP contribution in [-0.2, 0) is 11.2 Å². The molecule has 2 N–H and O–H groups in total. The van der Waals surface area contributed by atoms with Crippen molar-refractivity contribution in [3.63, 3.8) is 0 Å². The lowest BCUT2D eigenvalue weighted by Gasteiger charge is -2.33. The highest BCUT2D eigenvalue weighted by molar-refractivity contribution is 5.74. The van der Waals surface area contributed by atoms with Crippen molar-refractivity contribution in [2.45, 2.75) is 38.3 Å². The largest absolute Gasteiger partial charge is 0.396 e. The second kappa shape index (κ2) is 8.76. The molecule has 2 amide bonds. The molecule has 2 unspecified atom stereocenters. The Morgan fingerprint density at radius 2 is 2.23 bits per heavy atom. The summed E-state index contributed by atoms with van der Waals surface area (Å²) in [7, 11) is 0. The lowest BCUT2D eigenvalue weighted by Crippen LogP contribution is -2.51. The highest BCUT2D eigenvalue weighted by Crippen LogP contribution is 2.12. The second-order valence-electron chi connectivity index (χ2n) is 5.84. The summed E-state index contributed by atoms with van der Waals surface area (Å²) in [6.07, 6.45) is 2.38. The first-order chi connectivity index (χ1) is 10.7. The average Bonchev–Trinajstić information content (AvgIpc) is 2.54. The third-order valence-corrected chi connectivity index (χ3v) is 3.90. The van der Waals surface area contributed by atoms with Crippen molar-refractivity contribution >= 4 is 6.03 Å². The molecule has 122 valence electrons. The molecule has 0 aliphatic carbocycles. The maximum atomic E-state index is 12.3. The van der Waals surface area contributed by atoms with Crippen molar-refractivity contribution < 1.29 is 14.6 Å². The van der Waals surface area contributed by atoms with Crippen LogP contribution in [0.2, 0.25) is 0 Å². The summed E-state index contributed by atoms with van der Waals surface area (Å²) in [6, 6.07) is 10.2. The van der Waals surface area contributed by atoms with Crippen molar-refractivity contribution in [1.29, 1.82) is 0 Å². The number of carbonyl (C=O) groups is 1. The van der Waals surface area contributed by atoms with Gasteiger partial charge in [0.05, 0.1) is 12.7 Å². The fraction of sp³-hybridized carbons (Fsp3) is 0.588. The van der Waals surface area contributed by atoms with E-state index in [2.05, 4.69) is 17.4 Å². The molecule has 2 atom stereocenters. The summed E-state index contributed by atoms with van der Waals surface area (Å²) in [4.78, 5) is 14.1. The molecule has 5 heteroatoms. The number of nitrogens with zero attached hydrogens (tertiary/aromatic N) is 1. The third-order valence-electron chi connectivity index (χ3n) is 3.90. The normalized spacial score (nSPS) is 19.7. The first-order valence-corrected chi connectivity index (χ1v) is 8.01. The molecule has 1 fully saturated rings. The van der Waals surface area contributed by atoms with Crippen molar-refractivity contribution in [3.8, 4) is 0 Å². The molecule has 1 aliphatic heterocycles. The summed E-state index contributed by atoms with van der Waals surface area (Å²) in [6.45, 7) is 3.96. The minimum Gasteiger partial charge on any atom is -0.396 e. The van der Waals surface area contributed by atoms with E-state index in [1.807, 2.05) is 30.0 Å². The SMILES string of the molecule is CC(CCCO)NC(=O)N1CCOC(Cc2ccccc2)C1. The Kier molecular flexibility index (Phi) is 6.68. The van der Waals surface area contributed by atoms with Gasteiger partial charge in [0.2, 0.25) is 0 Å². The molecule has 1 saturated heterocycles. The Bertz CT molecular complexity index is 452. The predicted octanol–water partition coefficient (Wildman–Crippen LogP) is 1.80. The number of aliphatic hydroxyl groups excluding tert-OH is 1. The van der Waals surface area contributed by atoms with Crippen LogP contribution in [0.3, 0.4) is 0 Å². The molecule has 0 spiro atoms. The monoisotopic (exact) mass is 306 g/mol. The van der Waals surface area contributed by atoms with Crippen molar-refractivity contribution in [2.75, 3.05) is 26.3 Å². The number of carbonyl (C=O) groups excluding carboxylic acids is 1. The van der Waals surface area contributed by atoms with Gasteiger partial charge in [-0.05, 0) is 25.3 Å².